The van der Waals surface area contributed by atoms with Gasteiger partial charge < -0.3 is 15.8 Å². The van der Waals surface area contributed by atoms with Gasteiger partial charge in [-0.15, -0.1) is 0 Å². The summed E-state index contributed by atoms with van der Waals surface area (Å²) in [6, 6.07) is 15.2. The first-order chi connectivity index (χ1) is 11.6. The fourth-order valence-electron chi connectivity index (χ4n) is 2.56. The number of para-hydroxylation sites is 1. The summed E-state index contributed by atoms with van der Waals surface area (Å²) in [5, 5.41) is 2.92. The van der Waals surface area contributed by atoms with Crippen molar-refractivity contribution in [2.24, 2.45) is 11.7 Å². The molecular weight excluding hydrogens is 368 g/mol. The van der Waals surface area contributed by atoms with Gasteiger partial charge in [-0.05, 0) is 48.6 Å². The van der Waals surface area contributed by atoms with Crippen LogP contribution in [0.5, 0.6) is 5.75 Å². The van der Waals surface area contributed by atoms with E-state index in [1.807, 2.05) is 42.5 Å². The first-order valence-corrected chi connectivity index (χ1v) is 8.93. The van der Waals surface area contributed by atoms with Crippen LogP contribution in [0.25, 0.3) is 0 Å². The van der Waals surface area contributed by atoms with Gasteiger partial charge in [-0.25, -0.2) is 0 Å². The molecule has 4 nitrogen and oxygen atoms in total. The first-order valence-electron chi connectivity index (χ1n) is 8.13. The highest BCUT2D eigenvalue weighted by Gasteiger charge is 2.28. The number of carbonyl (C=O) groups is 1. The summed E-state index contributed by atoms with van der Waals surface area (Å²) in [5.41, 5.74) is 7.62. The van der Waals surface area contributed by atoms with E-state index in [2.05, 4.69) is 21.2 Å². The minimum absolute atomic E-state index is 0.0451. The molecule has 3 N–H and O–H groups in total. The lowest BCUT2D eigenvalue weighted by molar-refractivity contribution is 0.0945. The molecule has 0 bridgehead atoms. The maximum absolute atomic E-state index is 12.4. The number of hydrogen-bond donors (Lipinski definition) is 2. The van der Waals surface area contributed by atoms with Gasteiger partial charge >= 0.3 is 0 Å². The Labute approximate surface area is 150 Å². The molecule has 0 saturated heterocycles. The van der Waals surface area contributed by atoms with Crippen molar-refractivity contribution in [3.05, 3.63) is 64.1 Å². The zero-order chi connectivity index (χ0) is 16.9. The van der Waals surface area contributed by atoms with Crippen molar-refractivity contribution in [3.8, 4) is 5.75 Å². The topological polar surface area (TPSA) is 64.3 Å². The number of hydrogen-bond acceptors (Lipinski definition) is 3. The molecule has 2 aromatic rings. The van der Waals surface area contributed by atoms with Crippen LogP contribution >= 0.6 is 15.9 Å². The van der Waals surface area contributed by atoms with Crippen LogP contribution in [0.2, 0.25) is 0 Å². The van der Waals surface area contributed by atoms with Crippen LogP contribution < -0.4 is 15.8 Å². The zero-order valence-corrected chi connectivity index (χ0v) is 15.0. The van der Waals surface area contributed by atoms with Crippen LogP contribution in [0.1, 0.15) is 28.8 Å². The fraction of sp³-hybridized carbons (Fsp3) is 0.316. The molecule has 1 unspecified atom stereocenters. The molecule has 1 amide bonds. The lowest BCUT2D eigenvalue weighted by Gasteiger charge is -2.14. The summed E-state index contributed by atoms with van der Waals surface area (Å²) in [4.78, 5) is 12.4. The molecule has 1 atom stereocenters. The summed E-state index contributed by atoms with van der Waals surface area (Å²) in [6.45, 7) is 0.911. The Bertz CT molecular complexity index is 716. The second-order valence-electron chi connectivity index (χ2n) is 6.13. The molecule has 1 aliphatic carbocycles. The highest BCUT2D eigenvalue weighted by atomic mass is 79.9. The van der Waals surface area contributed by atoms with E-state index in [-0.39, 0.29) is 11.9 Å². The Morgan fingerprint density at radius 2 is 2.04 bits per heavy atom. The van der Waals surface area contributed by atoms with Gasteiger partial charge in [-0.2, -0.15) is 0 Å². The molecule has 1 saturated carbocycles. The van der Waals surface area contributed by atoms with Gasteiger partial charge in [0.15, 0.2) is 0 Å². The van der Waals surface area contributed by atoms with Crippen molar-refractivity contribution in [3.63, 3.8) is 0 Å². The number of carbonyl (C=O) groups excluding carboxylic acids is 1. The predicted molar refractivity (Wildman–Crippen MR) is 97.9 cm³/mol. The predicted octanol–water partition coefficient (Wildman–Crippen LogP) is 3.50. The average molecular weight is 389 g/mol. The van der Waals surface area contributed by atoms with Crippen LogP contribution in [0.4, 0.5) is 0 Å². The van der Waals surface area contributed by atoms with Crippen LogP contribution in [0, 0.1) is 5.92 Å². The molecule has 0 heterocycles. The van der Waals surface area contributed by atoms with Crippen molar-refractivity contribution in [2.75, 3.05) is 6.54 Å². The normalized spacial score (nSPS) is 14.9. The number of halogens is 1. The largest absolute Gasteiger partial charge is 0.488 e. The zero-order valence-electron chi connectivity index (χ0n) is 13.4. The Hall–Kier alpha value is -1.85. The number of ether oxygens (including phenoxy) is 1. The lowest BCUT2D eigenvalue weighted by atomic mass is 10.1. The molecule has 0 aromatic heterocycles. The van der Waals surface area contributed by atoms with E-state index in [1.165, 1.54) is 12.8 Å². The fourth-order valence-corrected chi connectivity index (χ4v) is 3.01. The number of rotatable bonds is 7. The van der Waals surface area contributed by atoms with E-state index in [1.54, 1.807) is 6.07 Å². The van der Waals surface area contributed by atoms with E-state index < -0.39 is 0 Å². The molecule has 5 heteroatoms. The van der Waals surface area contributed by atoms with Crippen molar-refractivity contribution < 1.29 is 9.53 Å². The number of benzene rings is 2. The summed E-state index contributed by atoms with van der Waals surface area (Å²) in [6.07, 6.45) is 2.34. The van der Waals surface area contributed by atoms with E-state index in [0.717, 1.165) is 10.0 Å². The molecule has 0 spiro atoms. The molecule has 0 aliphatic heterocycles. The molecule has 1 aliphatic rings. The van der Waals surface area contributed by atoms with E-state index in [9.17, 15) is 4.79 Å². The minimum Gasteiger partial charge on any atom is -0.488 e. The van der Waals surface area contributed by atoms with Gasteiger partial charge in [0.05, 0.1) is 5.56 Å². The van der Waals surface area contributed by atoms with E-state index in [0.29, 0.717) is 30.4 Å². The van der Waals surface area contributed by atoms with Gasteiger partial charge in [0.2, 0.25) is 0 Å². The summed E-state index contributed by atoms with van der Waals surface area (Å²) < 4.78 is 6.86. The first kappa shape index (κ1) is 17.0. The molecule has 1 fully saturated rings. The average Bonchev–Trinajstić information content (AvgIpc) is 3.43. The van der Waals surface area contributed by atoms with Crippen molar-refractivity contribution in [2.45, 2.75) is 25.5 Å². The maximum Gasteiger partial charge on any atom is 0.255 e. The Balaban J connectivity index is 1.62. The lowest BCUT2D eigenvalue weighted by Crippen LogP contribution is -2.38. The van der Waals surface area contributed by atoms with Crippen molar-refractivity contribution >= 4 is 21.8 Å². The standard InChI is InChI=1S/C19H21BrN2O2/c20-15-5-3-4-13(10-15)12-24-18-7-2-1-6-16(18)19(23)22-11-17(21)14-8-9-14/h1-7,10,14,17H,8-9,11-12,21H2,(H,22,23). The van der Waals surface area contributed by atoms with Gasteiger partial charge in [-0.1, -0.05) is 40.2 Å². The molecule has 126 valence electrons. The number of nitrogens with one attached hydrogen (secondary N) is 1. The smallest absolute Gasteiger partial charge is 0.255 e. The van der Waals surface area contributed by atoms with Gasteiger partial charge in [0, 0.05) is 17.1 Å². The summed E-state index contributed by atoms with van der Waals surface area (Å²) in [5.74, 6) is 0.999. The third kappa shape index (κ3) is 4.58. The Kier molecular flexibility index (Phi) is 5.53. The van der Waals surface area contributed by atoms with Crippen LogP contribution in [0.15, 0.2) is 53.0 Å². The minimum atomic E-state index is -0.143. The molecule has 3 rings (SSSR count). The SMILES string of the molecule is NC(CNC(=O)c1ccccc1OCc1cccc(Br)c1)C1CC1. The van der Waals surface area contributed by atoms with Gasteiger partial charge in [0.25, 0.3) is 5.91 Å². The maximum atomic E-state index is 12.4. The van der Waals surface area contributed by atoms with E-state index in [4.69, 9.17) is 10.5 Å². The van der Waals surface area contributed by atoms with Crippen molar-refractivity contribution in [1.82, 2.24) is 5.32 Å². The van der Waals surface area contributed by atoms with Crippen LogP contribution in [0.3, 0.4) is 0 Å². The second-order valence-corrected chi connectivity index (χ2v) is 7.04. The third-order valence-corrected chi connectivity index (χ3v) is 4.63. The van der Waals surface area contributed by atoms with Crippen LogP contribution in [-0.4, -0.2) is 18.5 Å². The summed E-state index contributed by atoms with van der Waals surface area (Å²) in [7, 11) is 0. The highest BCUT2D eigenvalue weighted by molar-refractivity contribution is 9.10. The molecule has 24 heavy (non-hydrogen) atoms. The molecular formula is C19H21BrN2O2. The number of amides is 1. The van der Waals surface area contributed by atoms with Gasteiger partial charge in [-0.3, -0.25) is 4.79 Å². The molecule has 2 aromatic carbocycles. The third-order valence-electron chi connectivity index (χ3n) is 4.14. The second kappa shape index (κ2) is 7.81. The van der Waals surface area contributed by atoms with Gasteiger partial charge in [0.1, 0.15) is 12.4 Å². The quantitative estimate of drug-likeness (QED) is 0.762. The van der Waals surface area contributed by atoms with E-state index >= 15 is 0 Å². The van der Waals surface area contributed by atoms with Crippen molar-refractivity contribution in [1.29, 1.82) is 0 Å². The Morgan fingerprint density at radius 3 is 2.79 bits per heavy atom. The number of nitrogens with two attached hydrogens (primary N) is 1. The summed E-state index contributed by atoms with van der Waals surface area (Å²) >= 11 is 3.45. The Morgan fingerprint density at radius 1 is 1.25 bits per heavy atom. The highest BCUT2D eigenvalue weighted by Crippen LogP contribution is 2.31. The molecule has 0 radical (unpaired) electrons. The van der Waals surface area contributed by atoms with Crippen LogP contribution in [-0.2, 0) is 6.61 Å². The monoisotopic (exact) mass is 388 g/mol.